The first-order chi connectivity index (χ1) is 8.62. The van der Waals surface area contributed by atoms with Gasteiger partial charge in [-0.3, -0.25) is 0 Å². The van der Waals surface area contributed by atoms with Crippen molar-refractivity contribution in [1.82, 2.24) is 14.9 Å². The Morgan fingerprint density at radius 2 is 2.00 bits per heavy atom. The highest BCUT2D eigenvalue weighted by atomic mass is 32.2. The molecule has 0 aromatic heterocycles. The molecule has 2 heterocycles. The predicted octanol–water partition coefficient (Wildman–Crippen LogP) is 0.142. The molecule has 6 heteroatoms. The summed E-state index contributed by atoms with van der Waals surface area (Å²) in [5, 5.41) is 2.88. The standard InChI is InChI=1S/C12H25N3O2S/c1-2-7-15-8-4-11(5-9-15)14-18(16,17)12-3-6-13-10-12/h11-14H,2-10H2,1H3. The second-order valence-electron chi connectivity index (χ2n) is 5.39. The second kappa shape index (κ2) is 6.32. The second-order valence-corrected chi connectivity index (χ2v) is 7.39. The molecule has 5 nitrogen and oxygen atoms in total. The van der Waals surface area contributed by atoms with Crippen LogP contribution in [0.4, 0.5) is 0 Å². The third-order valence-corrected chi connectivity index (χ3v) is 5.85. The molecular weight excluding hydrogens is 250 g/mol. The van der Waals surface area contributed by atoms with E-state index in [-0.39, 0.29) is 11.3 Å². The summed E-state index contributed by atoms with van der Waals surface area (Å²) in [6, 6.07) is 0.142. The van der Waals surface area contributed by atoms with Gasteiger partial charge in [0.2, 0.25) is 10.0 Å². The fraction of sp³-hybridized carbons (Fsp3) is 1.00. The molecule has 2 saturated heterocycles. The van der Waals surface area contributed by atoms with E-state index in [0.29, 0.717) is 6.54 Å². The molecule has 0 spiro atoms. The molecule has 0 saturated carbocycles. The fourth-order valence-electron chi connectivity index (χ4n) is 2.81. The van der Waals surface area contributed by atoms with Crippen molar-refractivity contribution < 1.29 is 8.42 Å². The highest BCUT2D eigenvalue weighted by Crippen LogP contribution is 2.15. The summed E-state index contributed by atoms with van der Waals surface area (Å²) in [4.78, 5) is 2.42. The zero-order valence-corrected chi connectivity index (χ0v) is 12.0. The molecular formula is C12H25N3O2S. The average Bonchev–Trinajstić information content (AvgIpc) is 2.86. The Bertz CT molecular complexity index is 344. The topological polar surface area (TPSA) is 61.4 Å². The van der Waals surface area contributed by atoms with Gasteiger partial charge in [0.25, 0.3) is 0 Å². The number of piperidine rings is 1. The van der Waals surface area contributed by atoms with Crippen LogP contribution in [0.15, 0.2) is 0 Å². The maximum absolute atomic E-state index is 12.1. The number of sulfonamides is 1. The van der Waals surface area contributed by atoms with Gasteiger partial charge in [-0.15, -0.1) is 0 Å². The van der Waals surface area contributed by atoms with E-state index < -0.39 is 10.0 Å². The van der Waals surface area contributed by atoms with Crippen molar-refractivity contribution in [3.63, 3.8) is 0 Å². The van der Waals surface area contributed by atoms with Crippen LogP contribution in [0.5, 0.6) is 0 Å². The number of nitrogens with zero attached hydrogens (tertiary/aromatic N) is 1. The van der Waals surface area contributed by atoms with Crippen LogP contribution in [0, 0.1) is 0 Å². The molecule has 2 aliphatic heterocycles. The van der Waals surface area contributed by atoms with E-state index in [1.807, 2.05) is 0 Å². The molecule has 0 amide bonds. The number of likely N-dealkylation sites (tertiary alicyclic amines) is 1. The molecule has 106 valence electrons. The van der Waals surface area contributed by atoms with Crippen molar-refractivity contribution in [3.8, 4) is 0 Å². The minimum atomic E-state index is -3.12. The summed E-state index contributed by atoms with van der Waals surface area (Å²) in [5.74, 6) is 0. The molecule has 1 atom stereocenters. The predicted molar refractivity (Wildman–Crippen MR) is 73.1 cm³/mol. The van der Waals surface area contributed by atoms with Gasteiger partial charge in [-0.25, -0.2) is 13.1 Å². The van der Waals surface area contributed by atoms with Crippen LogP contribution in [0.25, 0.3) is 0 Å². The summed E-state index contributed by atoms with van der Waals surface area (Å²) in [6.07, 6.45) is 3.80. The first-order valence-corrected chi connectivity index (χ1v) is 8.60. The molecule has 0 radical (unpaired) electrons. The normalized spacial score (nSPS) is 27.7. The summed E-state index contributed by atoms with van der Waals surface area (Å²) < 4.78 is 27.2. The number of hydrogen-bond donors (Lipinski definition) is 2. The van der Waals surface area contributed by atoms with Gasteiger partial charge in [0, 0.05) is 12.6 Å². The quantitative estimate of drug-likeness (QED) is 0.749. The van der Waals surface area contributed by atoms with Crippen molar-refractivity contribution in [1.29, 1.82) is 0 Å². The van der Waals surface area contributed by atoms with Crippen LogP contribution >= 0.6 is 0 Å². The maximum Gasteiger partial charge on any atom is 0.216 e. The molecule has 0 aliphatic carbocycles. The van der Waals surface area contributed by atoms with E-state index >= 15 is 0 Å². The lowest BCUT2D eigenvalue weighted by Gasteiger charge is -2.32. The van der Waals surface area contributed by atoms with Gasteiger partial charge in [0.05, 0.1) is 5.25 Å². The van der Waals surface area contributed by atoms with E-state index in [2.05, 4.69) is 21.9 Å². The van der Waals surface area contributed by atoms with E-state index in [1.165, 1.54) is 6.42 Å². The number of nitrogens with one attached hydrogen (secondary N) is 2. The Kier molecular flexibility index (Phi) is 5.00. The van der Waals surface area contributed by atoms with Crippen LogP contribution in [0.3, 0.4) is 0 Å². The molecule has 0 aromatic carbocycles. The number of rotatable bonds is 5. The Labute approximate surface area is 110 Å². The summed E-state index contributed by atoms with van der Waals surface area (Å²) >= 11 is 0. The van der Waals surface area contributed by atoms with E-state index in [9.17, 15) is 8.42 Å². The van der Waals surface area contributed by atoms with Gasteiger partial charge in [0.15, 0.2) is 0 Å². The molecule has 2 fully saturated rings. The van der Waals surface area contributed by atoms with Gasteiger partial charge < -0.3 is 10.2 Å². The van der Waals surface area contributed by atoms with Crippen molar-refractivity contribution >= 4 is 10.0 Å². The van der Waals surface area contributed by atoms with Crippen molar-refractivity contribution in [2.45, 2.75) is 43.9 Å². The Morgan fingerprint density at radius 3 is 2.56 bits per heavy atom. The van der Waals surface area contributed by atoms with Gasteiger partial charge >= 0.3 is 0 Å². The van der Waals surface area contributed by atoms with Crippen LogP contribution in [-0.2, 0) is 10.0 Å². The van der Waals surface area contributed by atoms with Crippen molar-refractivity contribution in [2.24, 2.45) is 0 Å². The molecule has 18 heavy (non-hydrogen) atoms. The molecule has 0 bridgehead atoms. The lowest BCUT2D eigenvalue weighted by atomic mass is 10.1. The smallest absolute Gasteiger partial charge is 0.216 e. The van der Waals surface area contributed by atoms with Gasteiger partial charge in [-0.1, -0.05) is 6.92 Å². The largest absolute Gasteiger partial charge is 0.315 e. The minimum absolute atomic E-state index is 0.142. The average molecular weight is 275 g/mol. The fourth-order valence-corrected chi connectivity index (χ4v) is 4.47. The third kappa shape index (κ3) is 3.66. The van der Waals surface area contributed by atoms with E-state index in [4.69, 9.17) is 0 Å². The van der Waals surface area contributed by atoms with Crippen LogP contribution in [-0.4, -0.2) is 57.3 Å². The Balaban J connectivity index is 1.80. The first-order valence-electron chi connectivity index (χ1n) is 7.06. The van der Waals surface area contributed by atoms with Crippen molar-refractivity contribution in [2.75, 3.05) is 32.7 Å². The van der Waals surface area contributed by atoms with E-state index in [0.717, 1.165) is 45.4 Å². The highest BCUT2D eigenvalue weighted by Gasteiger charge is 2.31. The van der Waals surface area contributed by atoms with Crippen LogP contribution in [0.1, 0.15) is 32.6 Å². The van der Waals surface area contributed by atoms with Gasteiger partial charge in [0.1, 0.15) is 0 Å². The molecule has 2 aliphatic rings. The molecule has 0 aromatic rings. The monoisotopic (exact) mass is 275 g/mol. The van der Waals surface area contributed by atoms with Gasteiger partial charge in [-0.05, 0) is 51.9 Å². The molecule has 1 unspecified atom stereocenters. The van der Waals surface area contributed by atoms with Gasteiger partial charge in [-0.2, -0.15) is 0 Å². The Hall–Kier alpha value is -0.170. The van der Waals surface area contributed by atoms with E-state index in [1.54, 1.807) is 0 Å². The Morgan fingerprint density at radius 1 is 1.28 bits per heavy atom. The SMILES string of the molecule is CCCN1CCC(NS(=O)(=O)C2CCNC2)CC1. The molecule has 2 N–H and O–H groups in total. The van der Waals surface area contributed by atoms with Crippen LogP contribution < -0.4 is 10.0 Å². The lowest BCUT2D eigenvalue weighted by molar-refractivity contribution is 0.207. The van der Waals surface area contributed by atoms with Crippen LogP contribution in [0.2, 0.25) is 0 Å². The first kappa shape index (κ1) is 14.2. The third-order valence-electron chi connectivity index (χ3n) is 3.91. The number of hydrogen-bond acceptors (Lipinski definition) is 4. The zero-order valence-electron chi connectivity index (χ0n) is 11.2. The summed E-state index contributed by atoms with van der Waals surface area (Å²) in [7, 11) is -3.12. The molecule has 2 rings (SSSR count). The highest BCUT2D eigenvalue weighted by molar-refractivity contribution is 7.90. The maximum atomic E-state index is 12.1. The summed E-state index contributed by atoms with van der Waals surface area (Å²) in [5.41, 5.74) is 0. The summed E-state index contributed by atoms with van der Waals surface area (Å²) in [6.45, 7) is 6.77. The minimum Gasteiger partial charge on any atom is -0.315 e. The zero-order chi connectivity index (χ0) is 13.0. The van der Waals surface area contributed by atoms with Crippen molar-refractivity contribution in [3.05, 3.63) is 0 Å². The lowest BCUT2D eigenvalue weighted by Crippen LogP contribution is -2.47.